The number of unbranched alkanes of at least 4 members (excludes halogenated alkanes) is 4. The highest BCUT2D eigenvalue weighted by Gasteiger charge is 2.11. The van der Waals surface area contributed by atoms with E-state index in [-0.39, 0.29) is 0 Å². The average molecular weight is 264 g/mol. The first-order chi connectivity index (χ1) is 8.35. The molecule has 0 rings (SSSR count). The van der Waals surface area contributed by atoms with Crippen LogP contribution in [0.25, 0.3) is 0 Å². The van der Waals surface area contributed by atoms with Crippen LogP contribution in [-0.4, -0.2) is 19.8 Å². The van der Waals surface area contributed by atoms with E-state index in [9.17, 15) is 0 Å². The van der Waals surface area contributed by atoms with E-state index in [0.29, 0.717) is 0 Å². The highest BCUT2D eigenvalue weighted by molar-refractivity contribution is 7.41. The Kier molecular flexibility index (Phi) is 14.6. The lowest BCUT2D eigenvalue weighted by Gasteiger charge is -2.16. The van der Waals surface area contributed by atoms with Gasteiger partial charge in [-0.2, -0.15) is 0 Å². The van der Waals surface area contributed by atoms with Crippen molar-refractivity contribution in [3.63, 3.8) is 0 Å². The second-order valence-electron chi connectivity index (χ2n) is 4.14. The van der Waals surface area contributed by atoms with Gasteiger partial charge in [-0.05, 0) is 19.3 Å². The minimum Gasteiger partial charge on any atom is -0.312 e. The number of hydrogen-bond donors (Lipinski definition) is 0. The normalized spacial score (nSPS) is 11.3. The fourth-order valence-corrected chi connectivity index (χ4v) is 2.23. The van der Waals surface area contributed by atoms with Gasteiger partial charge in [-0.25, -0.2) is 0 Å². The van der Waals surface area contributed by atoms with Gasteiger partial charge < -0.3 is 13.6 Å². The zero-order valence-corrected chi connectivity index (χ0v) is 12.6. The van der Waals surface area contributed by atoms with Gasteiger partial charge in [0.2, 0.25) is 0 Å². The summed E-state index contributed by atoms with van der Waals surface area (Å²) < 4.78 is 16.9. The average Bonchev–Trinajstić information content (AvgIpc) is 2.34. The summed E-state index contributed by atoms with van der Waals surface area (Å²) in [5.74, 6) is 0. The van der Waals surface area contributed by atoms with Crippen LogP contribution >= 0.6 is 8.60 Å². The molecule has 0 atom stereocenters. The molecule has 0 spiro atoms. The monoisotopic (exact) mass is 264 g/mol. The highest BCUT2D eigenvalue weighted by Crippen LogP contribution is 2.40. The van der Waals surface area contributed by atoms with Crippen molar-refractivity contribution in [1.82, 2.24) is 0 Å². The van der Waals surface area contributed by atoms with Crippen molar-refractivity contribution in [3.8, 4) is 0 Å². The molecule has 0 aliphatic heterocycles. The Bertz CT molecular complexity index is 135. The molecule has 0 saturated heterocycles. The SMILES string of the molecule is CCCCCOP(OCCCC)OCCCC. The molecular formula is C13H29O3P. The number of rotatable bonds is 13. The van der Waals surface area contributed by atoms with Gasteiger partial charge in [-0.15, -0.1) is 0 Å². The molecule has 104 valence electrons. The first kappa shape index (κ1) is 17.3. The van der Waals surface area contributed by atoms with E-state index in [1.54, 1.807) is 0 Å². The standard InChI is InChI=1S/C13H29O3P/c1-4-7-10-13-16-17(14-11-8-5-2)15-12-9-6-3/h4-13H2,1-3H3. The fraction of sp³-hybridized carbons (Fsp3) is 1.00. The summed E-state index contributed by atoms with van der Waals surface area (Å²) in [5, 5.41) is 0. The van der Waals surface area contributed by atoms with Gasteiger partial charge in [0.25, 0.3) is 0 Å². The topological polar surface area (TPSA) is 27.7 Å². The van der Waals surface area contributed by atoms with Crippen LogP contribution in [-0.2, 0) is 13.6 Å². The quantitative estimate of drug-likeness (QED) is 0.344. The molecule has 0 aromatic heterocycles. The van der Waals surface area contributed by atoms with E-state index in [0.717, 1.165) is 51.9 Å². The second-order valence-corrected chi connectivity index (χ2v) is 5.36. The smallest absolute Gasteiger partial charge is 0.312 e. The third-order valence-corrected chi connectivity index (χ3v) is 3.51. The lowest BCUT2D eigenvalue weighted by atomic mass is 10.3. The summed E-state index contributed by atoms with van der Waals surface area (Å²) in [6.07, 6.45) is 7.98. The summed E-state index contributed by atoms with van der Waals surface area (Å²) in [5.41, 5.74) is 0. The first-order valence-corrected chi connectivity index (χ1v) is 8.13. The molecule has 0 aromatic carbocycles. The molecule has 4 heteroatoms. The molecule has 17 heavy (non-hydrogen) atoms. The minimum absolute atomic E-state index is 0.752. The Morgan fingerprint density at radius 3 is 1.41 bits per heavy atom. The summed E-state index contributed by atoms with van der Waals surface area (Å²) in [4.78, 5) is 0. The largest absolute Gasteiger partial charge is 0.332 e. The molecule has 0 fully saturated rings. The van der Waals surface area contributed by atoms with Crippen molar-refractivity contribution in [2.24, 2.45) is 0 Å². The van der Waals surface area contributed by atoms with Gasteiger partial charge in [0.15, 0.2) is 0 Å². The van der Waals surface area contributed by atoms with Gasteiger partial charge in [0.05, 0.1) is 19.8 Å². The molecule has 0 aromatic rings. The zero-order chi connectivity index (χ0) is 12.8. The molecule has 0 bridgehead atoms. The van der Waals surface area contributed by atoms with Gasteiger partial charge >= 0.3 is 8.60 Å². The van der Waals surface area contributed by atoms with Gasteiger partial charge in [-0.3, -0.25) is 0 Å². The molecule has 0 aliphatic rings. The maximum absolute atomic E-state index is 5.66. The number of hydrogen-bond acceptors (Lipinski definition) is 3. The van der Waals surface area contributed by atoms with Crippen LogP contribution in [0, 0.1) is 0 Å². The van der Waals surface area contributed by atoms with Crippen LogP contribution in [0.5, 0.6) is 0 Å². The predicted molar refractivity (Wildman–Crippen MR) is 74.1 cm³/mol. The molecule has 0 amide bonds. The molecule has 0 unspecified atom stereocenters. The molecule has 0 heterocycles. The summed E-state index contributed by atoms with van der Waals surface area (Å²) in [6, 6.07) is 0. The van der Waals surface area contributed by atoms with E-state index >= 15 is 0 Å². The van der Waals surface area contributed by atoms with Crippen molar-refractivity contribution in [3.05, 3.63) is 0 Å². The van der Waals surface area contributed by atoms with Gasteiger partial charge in [0.1, 0.15) is 0 Å². The predicted octanol–water partition coefficient (Wildman–Crippen LogP) is 5.05. The van der Waals surface area contributed by atoms with Crippen molar-refractivity contribution in [2.45, 2.75) is 65.7 Å². The third kappa shape index (κ3) is 12.6. The summed E-state index contributed by atoms with van der Waals surface area (Å²) in [7, 11) is -1.10. The van der Waals surface area contributed by atoms with Gasteiger partial charge in [-0.1, -0.05) is 46.5 Å². The van der Waals surface area contributed by atoms with Crippen LogP contribution in [0.2, 0.25) is 0 Å². The summed E-state index contributed by atoms with van der Waals surface area (Å²) in [6.45, 7) is 8.78. The van der Waals surface area contributed by atoms with Crippen LogP contribution in [0.3, 0.4) is 0 Å². The molecule has 3 nitrogen and oxygen atoms in total. The first-order valence-electron chi connectivity index (χ1n) is 7.04. The van der Waals surface area contributed by atoms with Crippen LogP contribution in [0.15, 0.2) is 0 Å². The molecular weight excluding hydrogens is 235 g/mol. The highest BCUT2D eigenvalue weighted by atomic mass is 31.2. The van der Waals surface area contributed by atoms with Crippen LogP contribution < -0.4 is 0 Å². The van der Waals surface area contributed by atoms with E-state index in [1.165, 1.54) is 12.8 Å². The second kappa shape index (κ2) is 14.4. The fourth-order valence-electron chi connectivity index (χ4n) is 1.17. The Balaban J connectivity index is 3.60. The molecule has 0 aliphatic carbocycles. The Labute approximate surface area is 108 Å². The van der Waals surface area contributed by atoms with Gasteiger partial charge in [0, 0.05) is 0 Å². The minimum atomic E-state index is -1.10. The summed E-state index contributed by atoms with van der Waals surface area (Å²) >= 11 is 0. The lowest BCUT2D eigenvalue weighted by molar-refractivity contribution is 0.155. The van der Waals surface area contributed by atoms with Crippen LogP contribution in [0.1, 0.15) is 65.7 Å². The molecule has 0 saturated carbocycles. The molecule has 0 N–H and O–H groups in total. The lowest BCUT2D eigenvalue weighted by Crippen LogP contribution is -2.00. The van der Waals surface area contributed by atoms with Crippen molar-refractivity contribution in [2.75, 3.05) is 19.8 Å². The zero-order valence-electron chi connectivity index (χ0n) is 11.7. The van der Waals surface area contributed by atoms with Crippen LogP contribution in [0.4, 0.5) is 0 Å². The Hall–Kier alpha value is 0.310. The van der Waals surface area contributed by atoms with E-state index < -0.39 is 8.60 Å². The van der Waals surface area contributed by atoms with Crippen molar-refractivity contribution >= 4 is 8.60 Å². The Morgan fingerprint density at radius 2 is 1.00 bits per heavy atom. The van der Waals surface area contributed by atoms with E-state index in [1.807, 2.05) is 0 Å². The van der Waals surface area contributed by atoms with E-state index in [2.05, 4.69) is 20.8 Å². The van der Waals surface area contributed by atoms with E-state index in [4.69, 9.17) is 13.6 Å². The Morgan fingerprint density at radius 1 is 0.588 bits per heavy atom. The third-order valence-electron chi connectivity index (χ3n) is 2.33. The van der Waals surface area contributed by atoms with Crippen molar-refractivity contribution in [1.29, 1.82) is 0 Å². The van der Waals surface area contributed by atoms with Crippen molar-refractivity contribution < 1.29 is 13.6 Å². The molecule has 0 radical (unpaired) electrons. The maximum atomic E-state index is 5.66. The maximum Gasteiger partial charge on any atom is 0.332 e.